The highest BCUT2D eigenvalue weighted by Gasteiger charge is 2.32. The van der Waals surface area contributed by atoms with Gasteiger partial charge >= 0.3 is 0 Å². The molecule has 0 aromatic heterocycles. The zero-order chi connectivity index (χ0) is 23.0. The molecule has 7 nitrogen and oxygen atoms in total. The van der Waals surface area contributed by atoms with Gasteiger partial charge in [0.1, 0.15) is 6.61 Å². The Labute approximate surface area is 190 Å². The second-order valence-corrected chi connectivity index (χ2v) is 8.12. The lowest BCUT2D eigenvalue weighted by Crippen LogP contribution is -2.56. The maximum atomic E-state index is 13.0. The second kappa shape index (κ2) is 11.2. The number of methoxy groups -OCH3 is 2. The summed E-state index contributed by atoms with van der Waals surface area (Å²) in [4.78, 5) is 15.4. The Morgan fingerprint density at radius 2 is 1.72 bits per heavy atom. The third kappa shape index (κ3) is 5.72. The van der Waals surface area contributed by atoms with Gasteiger partial charge in [0, 0.05) is 30.7 Å². The van der Waals surface area contributed by atoms with Crippen molar-refractivity contribution in [3.05, 3.63) is 53.6 Å². The molecule has 0 saturated carbocycles. The first-order valence-electron chi connectivity index (χ1n) is 11.0. The number of amides is 1. The molecule has 0 unspecified atom stereocenters. The van der Waals surface area contributed by atoms with E-state index in [0.717, 1.165) is 38.3 Å². The van der Waals surface area contributed by atoms with Gasteiger partial charge in [0.15, 0.2) is 11.5 Å². The second-order valence-electron chi connectivity index (χ2n) is 8.12. The van der Waals surface area contributed by atoms with Crippen LogP contribution in [-0.4, -0.2) is 63.4 Å². The molecular weight excluding hydrogens is 408 g/mol. The lowest BCUT2D eigenvalue weighted by Gasteiger charge is -2.43. The molecule has 3 rings (SSSR count). The van der Waals surface area contributed by atoms with Crippen LogP contribution < -0.4 is 19.5 Å². The van der Waals surface area contributed by atoms with Gasteiger partial charge in [-0.3, -0.25) is 9.69 Å². The highest BCUT2D eigenvalue weighted by Crippen LogP contribution is 2.39. The normalized spacial score (nSPS) is 16.1. The van der Waals surface area contributed by atoms with Gasteiger partial charge in [0.2, 0.25) is 5.75 Å². The minimum absolute atomic E-state index is 0.133. The number of hydrogen-bond acceptors (Lipinski definition) is 6. The SMILES string of the molecule is CC[C@](C)(CNC(=O)c1cc(OC)c(OCc2ccccc2)c(OC)c1)N1CCOCC1. The van der Waals surface area contributed by atoms with Crippen molar-refractivity contribution in [3.63, 3.8) is 0 Å². The van der Waals surface area contributed by atoms with Gasteiger partial charge < -0.3 is 24.3 Å². The minimum Gasteiger partial charge on any atom is -0.493 e. The number of carbonyl (C=O) groups excluding carboxylic acids is 1. The van der Waals surface area contributed by atoms with Crippen molar-refractivity contribution >= 4 is 5.91 Å². The molecule has 1 N–H and O–H groups in total. The van der Waals surface area contributed by atoms with Crippen molar-refractivity contribution < 1.29 is 23.7 Å². The molecular formula is C25H34N2O5. The van der Waals surface area contributed by atoms with Crippen molar-refractivity contribution in [1.82, 2.24) is 10.2 Å². The molecule has 2 aromatic rings. The molecule has 0 spiro atoms. The fourth-order valence-corrected chi connectivity index (χ4v) is 3.82. The summed E-state index contributed by atoms with van der Waals surface area (Å²) in [5.74, 6) is 1.21. The third-order valence-electron chi connectivity index (χ3n) is 6.11. The van der Waals surface area contributed by atoms with Gasteiger partial charge in [0.05, 0.1) is 27.4 Å². The van der Waals surface area contributed by atoms with Gasteiger partial charge in [0.25, 0.3) is 5.91 Å². The molecule has 1 fully saturated rings. The van der Waals surface area contributed by atoms with Crippen LogP contribution in [0, 0.1) is 0 Å². The molecule has 0 radical (unpaired) electrons. The molecule has 0 aliphatic carbocycles. The fourth-order valence-electron chi connectivity index (χ4n) is 3.82. The van der Waals surface area contributed by atoms with E-state index >= 15 is 0 Å². The highest BCUT2D eigenvalue weighted by atomic mass is 16.5. The molecule has 174 valence electrons. The number of benzene rings is 2. The van der Waals surface area contributed by atoms with Crippen LogP contribution in [0.15, 0.2) is 42.5 Å². The Hall–Kier alpha value is -2.77. The topological polar surface area (TPSA) is 69.3 Å². The average Bonchev–Trinajstić information content (AvgIpc) is 2.86. The van der Waals surface area contributed by atoms with Gasteiger partial charge in [-0.15, -0.1) is 0 Å². The van der Waals surface area contributed by atoms with Gasteiger partial charge in [-0.2, -0.15) is 0 Å². The monoisotopic (exact) mass is 442 g/mol. The van der Waals surface area contributed by atoms with E-state index in [1.165, 1.54) is 0 Å². The number of nitrogens with zero attached hydrogens (tertiary/aromatic N) is 1. The summed E-state index contributed by atoms with van der Waals surface area (Å²) in [6.45, 7) is 8.43. The van der Waals surface area contributed by atoms with E-state index in [-0.39, 0.29) is 11.4 Å². The number of nitrogens with one attached hydrogen (secondary N) is 1. The van der Waals surface area contributed by atoms with Crippen LogP contribution >= 0.6 is 0 Å². The Kier molecular flexibility index (Phi) is 8.36. The molecule has 1 heterocycles. The van der Waals surface area contributed by atoms with E-state index in [1.54, 1.807) is 26.4 Å². The number of morpholine rings is 1. The van der Waals surface area contributed by atoms with E-state index < -0.39 is 0 Å². The zero-order valence-corrected chi connectivity index (χ0v) is 19.5. The van der Waals surface area contributed by atoms with Crippen molar-refractivity contribution in [1.29, 1.82) is 0 Å². The van der Waals surface area contributed by atoms with Crippen LogP contribution in [0.3, 0.4) is 0 Å². The van der Waals surface area contributed by atoms with Crippen molar-refractivity contribution in [3.8, 4) is 17.2 Å². The first-order valence-corrected chi connectivity index (χ1v) is 11.0. The van der Waals surface area contributed by atoms with Gasteiger partial charge in [-0.05, 0) is 31.0 Å². The maximum Gasteiger partial charge on any atom is 0.251 e. The fraction of sp³-hybridized carbons (Fsp3) is 0.480. The molecule has 1 saturated heterocycles. The molecule has 32 heavy (non-hydrogen) atoms. The van der Waals surface area contributed by atoms with Gasteiger partial charge in [-0.1, -0.05) is 37.3 Å². The largest absolute Gasteiger partial charge is 0.493 e. The van der Waals surface area contributed by atoms with Crippen LogP contribution in [-0.2, 0) is 11.3 Å². The average molecular weight is 443 g/mol. The Balaban J connectivity index is 1.73. The summed E-state index contributed by atoms with van der Waals surface area (Å²) in [6, 6.07) is 13.2. The number of ether oxygens (including phenoxy) is 4. The summed E-state index contributed by atoms with van der Waals surface area (Å²) in [6.07, 6.45) is 0.923. The number of hydrogen-bond donors (Lipinski definition) is 1. The highest BCUT2D eigenvalue weighted by molar-refractivity contribution is 5.95. The van der Waals surface area contributed by atoms with E-state index in [1.807, 2.05) is 30.3 Å². The summed E-state index contributed by atoms with van der Waals surface area (Å²) < 4.78 is 22.5. The standard InChI is InChI=1S/C25H34N2O5/c1-5-25(2,27-11-13-31-14-12-27)18-26-24(28)20-15-21(29-3)23(22(16-20)30-4)32-17-19-9-7-6-8-10-19/h6-10,15-16H,5,11-14,17-18H2,1-4H3,(H,26,28)/t25-/m1/s1. The van der Waals surface area contributed by atoms with Crippen molar-refractivity contribution in [2.75, 3.05) is 47.1 Å². The summed E-state index contributed by atoms with van der Waals surface area (Å²) in [7, 11) is 3.11. The van der Waals surface area contributed by atoms with Crippen LogP contribution in [0.25, 0.3) is 0 Å². The van der Waals surface area contributed by atoms with Crippen LogP contribution in [0.5, 0.6) is 17.2 Å². The third-order valence-corrected chi connectivity index (χ3v) is 6.11. The van der Waals surface area contributed by atoms with Crippen LogP contribution in [0.1, 0.15) is 36.2 Å². The zero-order valence-electron chi connectivity index (χ0n) is 19.5. The molecule has 1 amide bonds. The van der Waals surface area contributed by atoms with Crippen LogP contribution in [0.2, 0.25) is 0 Å². The van der Waals surface area contributed by atoms with E-state index in [0.29, 0.717) is 36.0 Å². The minimum atomic E-state index is -0.177. The summed E-state index contributed by atoms with van der Waals surface area (Å²) in [5.41, 5.74) is 1.36. The summed E-state index contributed by atoms with van der Waals surface area (Å²) in [5, 5.41) is 3.09. The lowest BCUT2D eigenvalue weighted by atomic mass is 9.95. The molecule has 7 heteroatoms. The first kappa shape index (κ1) is 23.9. The number of rotatable bonds is 10. The maximum absolute atomic E-state index is 13.0. The molecule has 1 atom stereocenters. The van der Waals surface area contributed by atoms with Crippen molar-refractivity contribution in [2.24, 2.45) is 0 Å². The van der Waals surface area contributed by atoms with Crippen LogP contribution in [0.4, 0.5) is 0 Å². The Morgan fingerprint density at radius 3 is 2.28 bits per heavy atom. The molecule has 1 aliphatic heterocycles. The predicted molar refractivity (Wildman–Crippen MR) is 124 cm³/mol. The molecule has 1 aliphatic rings. The van der Waals surface area contributed by atoms with E-state index in [9.17, 15) is 4.79 Å². The smallest absolute Gasteiger partial charge is 0.251 e. The Morgan fingerprint density at radius 1 is 1.09 bits per heavy atom. The Bertz CT molecular complexity index is 858. The predicted octanol–water partition coefficient (Wildman–Crippen LogP) is 3.51. The van der Waals surface area contributed by atoms with E-state index in [2.05, 4.69) is 24.1 Å². The molecule has 0 bridgehead atoms. The first-order chi connectivity index (χ1) is 15.5. The van der Waals surface area contributed by atoms with Crippen molar-refractivity contribution in [2.45, 2.75) is 32.4 Å². The van der Waals surface area contributed by atoms with E-state index in [4.69, 9.17) is 18.9 Å². The quantitative estimate of drug-likeness (QED) is 0.607. The lowest BCUT2D eigenvalue weighted by molar-refractivity contribution is -0.0169. The summed E-state index contributed by atoms with van der Waals surface area (Å²) >= 11 is 0. The van der Waals surface area contributed by atoms with Gasteiger partial charge in [-0.25, -0.2) is 0 Å². The number of carbonyl (C=O) groups is 1. The molecule has 2 aromatic carbocycles.